The number of carbonyl (C=O) groups is 2. The van der Waals surface area contributed by atoms with Gasteiger partial charge < -0.3 is 10.2 Å². The van der Waals surface area contributed by atoms with Gasteiger partial charge in [0.05, 0.1) is 0 Å². The summed E-state index contributed by atoms with van der Waals surface area (Å²) in [6, 6.07) is 18.1. The van der Waals surface area contributed by atoms with E-state index in [0.717, 1.165) is 0 Å². The van der Waals surface area contributed by atoms with E-state index in [0.29, 0.717) is 35.4 Å². The van der Waals surface area contributed by atoms with E-state index in [4.69, 9.17) is 0 Å². The van der Waals surface area contributed by atoms with E-state index in [2.05, 4.69) is 10.2 Å². The average molecular weight is 463 g/mol. The van der Waals surface area contributed by atoms with E-state index in [1.54, 1.807) is 38.1 Å². The van der Waals surface area contributed by atoms with Crippen molar-refractivity contribution in [1.82, 2.24) is 10.0 Å². The second-order valence-electron chi connectivity index (χ2n) is 9.01. The van der Waals surface area contributed by atoms with E-state index in [-0.39, 0.29) is 37.5 Å². The molecular formula is C26H30N4O4. The minimum Gasteiger partial charge on any atom is -0.365 e. The highest BCUT2D eigenvalue weighted by Gasteiger charge is 2.45. The molecule has 2 aromatic rings. The third-order valence-corrected chi connectivity index (χ3v) is 6.22. The van der Waals surface area contributed by atoms with Crippen molar-refractivity contribution in [1.29, 1.82) is 0 Å². The van der Waals surface area contributed by atoms with E-state index in [1.807, 2.05) is 36.4 Å². The van der Waals surface area contributed by atoms with Crippen LogP contribution in [0.2, 0.25) is 0 Å². The lowest BCUT2D eigenvalue weighted by atomic mass is 9.97. The van der Waals surface area contributed by atoms with Crippen molar-refractivity contribution in [2.24, 2.45) is 10.2 Å². The van der Waals surface area contributed by atoms with Gasteiger partial charge in [-0.3, -0.25) is 9.59 Å². The zero-order valence-corrected chi connectivity index (χ0v) is 19.5. The molecule has 8 nitrogen and oxygen atoms in total. The molecule has 0 spiro atoms. The molecule has 2 aliphatic heterocycles. The Morgan fingerprint density at radius 3 is 1.44 bits per heavy atom. The molecule has 2 amide bonds. The number of amides is 2. The first kappa shape index (κ1) is 23.8. The van der Waals surface area contributed by atoms with Gasteiger partial charge in [-0.25, -0.2) is 0 Å². The molecule has 4 rings (SSSR count). The zero-order valence-electron chi connectivity index (χ0n) is 19.5. The fourth-order valence-corrected chi connectivity index (χ4v) is 4.59. The van der Waals surface area contributed by atoms with E-state index in [1.165, 1.54) is 10.0 Å². The van der Waals surface area contributed by atoms with Gasteiger partial charge in [0.2, 0.25) is 11.8 Å². The van der Waals surface area contributed by atoms with Crippen molar-refractivity contribution in [3.8, 4) is 0 Å². The quantitative estimate of drug-likeness (QED) is 0.615. The van der Waals surface area contributed by atoms with Crippen molar-refractivity contribution in [3.05, 3.63) is 71.8 Å². The lowest BCUT2D eigenvalue weighted by molar-refractivity contribution is -0.160. The third-order valence-electron chi connectivity index (χ3n) is 6.22. The highest BCUT2D eigenvalue weighted by atomic mass is 16.3. The number of unbranched alkanes of at least 4 members (excludes halogenated alkanes) is 1. The smallest absolute Gasteiger partial charge is 0.245 e. The molecule has 2 aliphatic rings. The summed E-state index contributed by atoms with van der Waals surface area (Å²) in [5.74, 6) is -0.599. The standard InChI is InChI=1S/C26H30N4O4/c1-19-17-25(33,21-11-5-3-6-12-21)29(27-19)23(31)15-9-10-16-24(32)30-26(34,18-20(2)28-30)22-13-7-4-8-14-22/h3-8,11-14,33-34H,9-10,15-18H2,1-2H3/t25-,26-/m1/s1. The highest BCUT2D eigenvalue weighted by Crippen LogP contribution is 2.37. The predicted octanol–water partition coefficient (Wildman–Crippen LogP) is 3.45. The van der Waals surface area contributed by atoms with Gasteiger partial charge in [0.15, 0.2) is 11.4 Å². The van der Waals surface area contributed by atoms with Crippen LogP contribution in [0.3, 0.4) is 0 Å². The third kappa shape index (κ3) is 4.51. The van der Waals surface area contributed by atoms with Crippen LogP contribution >= 0.6 is 0 Å². The van der Waals surface area contributed by atoms with Crippen LogP contribution in [-0.4, -0.2) is 43.5 Å². The summed E-state index contributed by atoms with van der Waals surface area (Å²) in [7, 11) is 0. The van der Waals surface area contributed by atoms with Crippen LogP contribution in [0.4, 0.5) is 0 Å². The molecule has 0 aromatic heterocycles. The van der Waals surface area contributed by atoms with Gasteiger partial charge >= 0.3 is 0 Å². The van der Waals surface area contributed by atoms with Crippen molar-refractivity contribution in [2.45, 2.75) is 63.8 Å². The molecule has 0 saturated carbocycles. The Labute approximate surface area is 199 Å². The van der Waals surface area contributed by atoms with E-state index < -0.39 is 11.4 Å². The van der Waals surface area contributed by atoms with Gasteiger partial charge in [0, 0.05) is 48.2 Å². The minimum absolute atomic E-state index is 0.143. The van der Waals surface area contributed by atoms with Gasteiger partial charge in [0.1, 0.15) is 0 Å². The van der Waals surface area contributed by atoms with Crippen molar-refractivity contribution < 1.29 is 19.8 Å². The lowest BCUT2D eigenvalue weighted by Gasteiger charge is -2.32. The Balaban J connectivity index is 1.35. The van der Waals surface area contributed by atoms with Crippen LogP contribution in [0.15, 0.2) is 70.9 Å². The van der Waals surface area contributed by atoms with E-state index >= 15 is 0 Å². The van der Waals surface area contributed by atoms with Crippen LogP contribution in [0.5, 0.6) is 0 Å². The molecule has 0 bridgehead atoms. The van der Waals surface area contributed by atoms with Crippen LogP contribution in [0.25, 0.3) is 0 Å². The first-order valence-corrected chi connectivity index (χ1v) is 11.5. The number of rotatable bonds is 7. The van der Waals surface area contributed by atoms with E-state index in [9.17, 15) is 19.8 Å². The van der Waals surface area contributed by atoms with Crippen LogP contribution in [0.1, 0.15) is 63.5 Å². The molecule has 8 heteroatoms. The van der Waals surface area contributed by atoms with Crippen LogP contribution in [0, 0.1) is 0 Å². The molecule has 2 heterocycles. The topological polar surface area (TPSA) is 106 Å². The van der Waals surface area contributed by atoms with Crippen molar-refractivity contribution >= 4 is 23.2 Å². The minimum atomic E-state index is -1.49. The summed E-state index contributed by atoms with van der Waals surface area (Å²) in [6.07, 6.45) is 1.69. The number of aliphatic hydroxyl groups is 2. The number of carbonyl (C=O) groups excluding carboxylic acids is 2. The summed E-state index contributed by atoms with van der Waals surface area (Å²) in [5, 5.41) is 33.4. The van der Waals surface area contributed by atoms with Crippen molar-refractivity contribution in [3.63, 3.8) is 0 Å². The second kappa shape index (κ2) is 9.48. The molecule has 2 atom stereocenters. The molecule has 0 aliphatic carbocycles. The van der Waals surface area contributed by atoms with Gasteiger partial charge in [-0.05, 0) is 26.7 Å². The first-order valence-electron chi connectivity index (χ1n) is 11.5. The average Bonchev–Trinajstić information content (AvgIpc) is 3.33. The molecule has 0 saturated heterocycles. The number of benzene rings is 2. The Hall–Kier alpha value is -3.36. The second-order valence-corrected chi connectivity index (χ2v) is 9.01. The maximum Gasteiger partial charge on any atom is 0.245 e. The Morgan fingerprint density at radius 2 is 1.09 bits per heavy atom. The molecule has 0 radical (unpaired) electrons. The summed E-state index contributed by atoms with van der Waals surface area (Å²) in [5.41, 5.74) is -0.406. The van der Waals surface area contributed by atoms with Gasteiger partial charge in [-0.2, -0.15) is 20.2 Å². The first-order chi connectivity index (χ1) is 16.2. The highest BCUT2D eigenvalue weighted by molar-refractivity contribution is 5.90. The monoisotopic (exact) mass is 462 g/mol. The Morgan fingerprint density at radius 1 is 0.735 bits per heavy atom. The summed E-state index contributed by atoms with van der Waals surface area (Å²) in [4.78, 5) is 25.8. The largest absolute Gasteiger partial charge is 0.365 e. The molecule has 178 valence electrons. The summed E-state index contributed by atoms with van der Waals surface area (Å²) < 4.78 is 0. The SMILES string of the molecule is CC1=NN(C(=O)CCCCC(=O)N2N=C(C)C[C@@]2(O)c2ccccc2)[C@](O)(c2ccccc2)C1. The summed E-state index contributed by atoms with van der Waals surface area (Å²) >= 11 is 0. The number of hydrogen-bond donors (Lipinski definition) is 2. The molecule has 2 aromatic carbocycles. The summed E-state index contributed by atoms with van der Waals surface area (Å²) in [6.45, 7) is 3.57. The predicted molar refractivity (Wildman–Crippen MR) is 128 cm³/mol. The fraction of sp³-hybridized carbons (Fsp3) is 0.385. The van der Waals surface area contributed by atoms with Gasteiger partial charge in [-0.15, -0.1) is 0 Å². The molecule has 34 heavy (non-hydrogen) atoms. The maximum absolute atomic E-state index is 12.9. The number of hydrogen-bond acceptors (Lipinski definition) is 6. The molecule has 2 N–H and O–H groups in total. The number of hydrazone groups is 2. The Kier molecular flexibility index (Phi) is 6.63. The normalized spacial score (nSPS) is 24.2. The molecular weight excluding hydrogens is 432 g/mol. The zero-order chi connectivity index (χ0) is 24.3. The van der Waals surface area contributed by atoms with Crippen LogP contribution < -0.4 is 0 Å². The maximum atomic E-state index is 12.9. The molecule has 0 unspecified atom stereocenters. The van der Waals surface area contributed by atoms with Crippen LogP contribution in [-0.2, 0) is 21.0 Å². The van der Waals surface area contributed by atoms with Gasteiger partial charge in [0.25, 0.3) is 0 Å². The van der Waals surface area contributed by atoms with Gasteiger partial charge in [-0.1, -0.05) is 60.7 Å². The number of nitrogens with zero attached hydrogens (tertiary/aromatic N) is 4. The fourth-order valence-electron chi connectivity index (χ4n) is 4.59. The van der Waals surface area contributed by atoms with Crippen molar-refractivity contribution in [2.75, 3.05) is 0 Å². The lowest BCUT2D eigenvalue weighted by Crippen LogP contribution is -2.43. The molecule has 0 fully saturated rings. The Bertz CT molecular complexity index is 1030.